The Bertz CT molecular complexity index is 2110. The van der Waals surface area contributed by atoms with Crippen molar-refractivity contribution in [2.45, 2.75) is 65.0 Å². The van der Waals surface area contributed by atoms with E-state index < -0.39 is 0 Å². The van der Waals surface area contributed by atoms with Gasteiger partial charge in [0.2, 0.25) is 11.8 Å². The van der Waals surface area contributed by atoms with Gasteiger partial charge in [-0.3, -0.25) is 19.2 Å². The van der Waals surface area contributed by atoms with Gasteiger partial charge in [-0.25, -0.2) is 0 Å². The minimum Gasteiger partial charge on any atom is -0.352 e. The average Bonchev–Trinajstić information content (AvgIpc) is 3.66. The van der Waals surface area contributed by atoms with E-state index in [4.69, 9.17) is 0 Å². The number of rotatable bonds is 14. The predicted octanol–water partition coefficient (Wildman–Crippen LogP) is 7.16. The van der Waals surface area contributed by atoms with Crippen molar-refractivity contribution in [3.05, 3.63) is 166 Å². The van der Waals surface area contributed by atoms with E-state index in [0.29, 0.717) is 70.5 Å². The van der Waals surface area contributed by atoms with Crippen LogP contribution < -0.4 is 10.6 Å². The smallest absolute Gasteiger partial charge is 0.254 e. The van der Waals surface area contributed by atoms with Crippen LogP contribution in [0.25, 0.3) is 11.1 Å². The number of hydrogen-bond donors (Lipinski definition) is 2. The second kappa shape index (κ2) is 15.9. The van der Waals surface area contributed by atoms with Crippen molar-refractivity contribution in [1.82, 2.24) is 20.4 Å². The number of amides is 4. The lowest BCUT2D eigenvalue weighted by Crippen LogP contribution is -2.26. The quantitative estimate of drug-likeness (QED) is 0.121. The Labute approximate surface area is 304 Å². The molecular weight excluding hydrogens is 649 g/mol. The van der Waals surface area contributed by atoms with Crippen LogP contribution in [0.4, 0.5) is 0 Å². The Balaban J connectivity index is 0.901. The molecule has 0 aliphatic carbocycles. The molecule has 0 fully saturated rings. The zero-order valence-electron chi connectivity index (χ0n) is 29.1. The minimum absolute atomic E-state index is 0.00489. The lowest BCUT2D eigenvalue weighted by atomic mass is 9.99. The highest BCUT2D eigenvalue weighted by Gasteiger charge is 2.30. The van der Waals surface area contributed by atoms with Gasteiger partial charge in [-0.05, 0) is 81.6 Å². The number of unbranched alkanes of at least 4 members (excludes halogenated alkanes) is 1. The highest BCUT2D eigenvalue weighted by molar-refractivity contribution is 5.99. The van der Waals surface area contributed by atoms with Gasteiger partial charge < -0.3 is 20.4 Å². The predicted molar refractivity (Wildman–Crippen MR) is 201 cm³/mol. The van der Waals surface area contributed by atoms with Gasteiger partial charge in [0.25, 0.3) is 11.8 Å². The summed E-state index contributed by atoms with van der Waals surface area (Å²) >= 11 is 0. The SMILES string of the molecule is O=C(CCCCC(=O)NCc1cccc(-c2ccc3c(c2)CN(Cc2ccccc2CN2Cc4ccccc4C2=O)C3=O)c1)NCc1ccccc1. The van der Waals surface area contributed by atoms with Crippen LogP contribution in [0.15, 0.2) is 121 Å². The van der Waals surface area contributed by atoms with Crippen LogP contribution in [0.2, 0.25) is 0 Å². The normalized spacial score (nSPS) is 13.2. The molecule has 8 heteroatoms. The van der Waals surface area contributed by atoms with E-state index in [1.165, 1.54) is 0 Å². The van der Waals surface area contributed by atoms with Gasteiger partial charge in [-0.2, -0.15) is 0 Å². The molecule has 2 N–H and O–H groups in total. The molecular formula is C44H42N4O4. The summed E-state index contributed by atoms with van der Waals surface area (Å²) in [4.78, 5) is 55.0. The fourth-order valence-corrected chi connectivity index (χ4v) is 7.01. The molecule has 2 heterocycles. The summed E-state index contributed by atoms with van der Waals surface area (Å²) in [5.41, 5.74) is 9.66. The van der Waals surface area contributed by atoms with Crippen LogP contribution in [-0.4, -0.2) is 33.4 Å². The molecule has 2 aliphatic heterocycles. The molecule has 0 bridgehead atoms. The maximum Gasteiger partial charge on any atom is 0.254 e. The van der Waals surface area contributed by atoms with E-state index >= 15 is 0 Å². The first-order valence-electron chi connectivity index (χ1n) is 17.9. The Morgan fingerprint density at radius 2 is 1.06 bits per heavy atom. The third-order valence-corrected chi connectivity index (χ3v) is 9.86. The maximum absolute atomic E-state index is 13.5. The fraction of sp³-hybridized carbons (Fsp3) is 0.227. The third-order valence-electron chi connectivity index (χ3n) is 9.86. The van der Waals surface area contributed by atoms with Crippen molar-refractivity contribution < 1.29 is 19.2 Å². The zero-order chi connectivity index (χ0) is 35.9. The number of carbonyl (C=O) groups excluding carboxylic acids is 4. The largest absolute Gasteiger partial charge is 0.352 e. The van der Waals surface area contributed by atoms with Crippen molar-refractivity contribution in [1.29, 1.82) is 0 Å². The Hall–Kier alpha value is -6.02. The second-order valence-electron chi connectivity index (χ2n) is 13.6. The van der Waals surface area contributed by atoms with Crippen LogP contribution in [0.5, 0.6) is 0 Å². The monoisotopic (exact) mass is 690 g/mol. The van der Waals surface area contributed by atoms with Crippen molar-refractivity contribution >= 4 is 23.6 Å². The number of hydrogen-bond acceptors (Lipinski definition) is 4. The van der Waals surface area contributed by atoms with Gasteiger partial charge in [-0.15, -0.1) is 0 Å². The van der Waals surface area contributed by atoms with Gasteiger partial charge in [0.05, 0.1) is 0 Å². The molecule has 2 aliphatic rings. The molecule has 52 heavy (non-hydrogen) atoms. The molecule has 0 saturated carbocycles. The summed E-state index contributed by atoms with van der Waals surface area (Å²) in [6.07, 6.45) is 2.07. The van der Waals surface area contributed by atoms with Crippen LogP contribution in [0, 0.1) is 0 Å². The average molecular weight is 691 g/mol. The van der Waals surface area contributed by atoms with Crippen LogP contribution in [0.1, 0.15) is 79.8 Å². The van der Waals surface area contributed by atoms with Gasteiger partial charge in [0.1, 0.15) is 0 Å². The molecule has 0 aromatic heterocycles. The number of fused-ring (bicyclic) bond motifs is 2. The molecule has 0 atom stereocenters. The number of nitrogens with one attached hydrogen (secondary N) is 2. The van der Waals surface area contributed by atoms with Gasteiger partial charge >= 0.3 is 0 Å². The fourth-order valence-electron chi connectivity index (χ4n) is 7.01. The molecule has 0 unspecified atom stereocenters. The van der Waals surface area contributed by atoms with Crippen molar-refractivity contribution in [3.8, 4) is 11.1 Å². The first kappa shape index (κ1) is 34.4. The molecule has 8 nitrogen and oxygen atoms in total. The highest BCUT2D eigenvalue weighted by atomic mass is 16.2. The molecule has 4 amide bonds. The first-order valence-corrected chi connectivity index (χ1v) is 17.9. The van der Waals surface area contributed by atoms with E-state index in [1.54, 1.807) is 0 Å². The number of nitrogens with zero attached hydrogens (tertiary/aromatic N) is 2. The van der Waals surface area contributed by atoms with Crippen LogP contribution >= 0.6 is 0 Å². The molecule has 0 spiro atoms. The van der Waals surface area contributed by atoms with E-state index in [2.05, 4.69) is 22.8 Å². The lowest BCUT2D eigenvalue weighted by molar-refractivity contribution is -0.123. The third kappa shape index (κ3) is 8.13. The summed E-state index contributed by atoms with van der Waals surface area (Å²) in [5, 5.41) is 5.94. The first-order chi connectivity index (χ1) is 25.4. The van der Waals surface area contributed by atoms with Crippen LogP contribution in [-0.2, 0) is 48.9 Å². The topological polar surface area (TPSA) is 98.8 Å². The van der Waals surface area contributed by atoms with Crippen LogP contribution in [0.3, 0.4) is 0 Å². The molecule has 0 saturated heterocycles. The number of carbonyl (C=O) groups is 4. The summed E-state index contributed by atoms with van der Waals surface area (Å²) in [6, 6.07) is 39.7. The van der Waals surface area contributed by atoms with Gasteiger partial charge in [-0.1, -0.05) is 97.1 Å². The van der Waals surface area contributed by atoms with Gasteiger partial charge in [0, 0.05) is 63.2 Å². The van der Waals surface area contributed by atoms with Crippen molar-refractivity contribution in [2.75, 3.05) is 0 Å². The zero-order valence-corrected chi connectivity index (χ0v) is 29.1. The Kier molecular flexibility index (Phi) is 10.5. The highest BCUT2D eigenvalue weighted by Crippen LogP contribution is 2.31. The van der Waals surface area contributed by atoms with E-state index in [9.17, 15) is 19.2 Å². The van der Waals surface area contributed by atoms with Crippen molar-refractivity contribution in [3.63, 3.8) is 0 Å². The van der Waals surface area contributed by atoms with Gasteiger partial charge in [0.15, 0.2) is 0 Å². The van der Waals surface area contributed by atoms with Crippen molar-refractivity contribution in [2.24, 2.45) is 0 Å². The van der Waals surface area contributed by atoms with E-state index in [0.717, 1.165) is 50.1 Å². The number of benzene rings is 5. The summed E-state index contributed by atoms with van der Waals surface area (Å²) < 4.78 is 0. The summed E-state index contributed by atoms with van der Waals surface area (Å²) in [7, 11) is 0. The summed E-state index contributed by atoms with van der Waals surface area (Å²) in [6.45, 7) is 2.98. The second-order valence-corrected chi connectivity index (χ2v) is 13.6. The summed E-state index contributed by atoms with van der Waals surface area (Å²) in [5.74, 6) is 0.00536. The molecule has 5 aromatic carbocycles. The standard InChI is InChI=1S/C44H42N4O4/c49-41(45-25-31-11-2-1-3-12-31)19-8-9-20-42(50)46-26-32-13-10-17-33(23-32)34-21-22-40-38(24-34)30-48(44(40)52)28-36-15-5-4-14-35(36)27-47-29-37-16-6-7-18-39(37)43(47)51/h1-7,10-18,21-24H,8-9,19-20,25-30H2,(H,45,49)(H,46,50). The molecule has 7 rings (SSSR count). The molecule has 0 radical (unpaired) electrons. The van der Waals surface area contributed by atoms with E-state index in [1.807, 2.05) is 119 Å². The van der Waals surface area contributed by atoms with E-state index in [-0.39, 0.29) is 23.6 Å². The lowest BCUT2D eigenvalue weighted by Gasteiger charge is -2.21. The Morgan fingerprint density at radius 1 is 0.519 bits per heavy atom. The Morgan fingerprint density at radius 3 is 1.73 bits per heavy atom. The molecule has 262 valence electrons. The minimum atomic E-state index is -0.0371. The molecule has 5 aromatic rings. The maximum atomic E-state index is 13.5.